The summed E-state index contributed by atoms with van der Waals surface area (Å²) in [6.45, 7) is 4.37. The fourth-order valence-corrected chi connectivity index (χ4v) is 2.70. The highest BCUT2D eigenvalue weighted by Gasteiger charge is 2.27. The molecule has 1 N–H and O–H groups in total. The summed E-state index contributed by atoms with van der Waals surface area (Å²) in [6.07, 6.45) is 6.58. The van der Waals surface area contributed by atoms with Gasteiger partial charge >= 0.3 is 5.97 Å². The fraction of sp³-hybridized carbons (Fsp3) is 0.917. The van der Waals surface area contributed by atoms with Crippen molar-refractivity contribution in [3.63, 3.8) is 0 Å². The molecule has 1 aliphatic carbocycles. The van der Waals surface area contributed by atoms with E-state index in [9.17, 15) is 4.79 Å². The summed E-state index contributed by atoms with van der Waals surface area (Å²) < 4.78 is 0. The van der Waals surface area contributed by atoms with Crippen molar-refractivity contribution in [3.05, 3.63) is 0 Å². The normalized spacial score (nSPS) is 20.2. The number of rotatable bonds is 5. The molecular formula is C12H22O2. The van der Waals surface area contributed by atoms with Gasteiger partial charge < -0.3 is 5.11 Å². The Balaban J connectivity index is 2.46. The van der Waals surface area contributed by atoms with Crippen LogP contribution in [0.1, 0.15) is 52.4 Å². The van der Waals surface area contributed by atoms with Crippen molar-refractivity contribution in [2.75, 3.05) is 0 Å². The van der Waals surface area contributed by atoms with E-state index in [-0.39, 0.29) is 0 Å². The Morgan fingerprint density at radius 1 is 1.36 bits per heavy atom. The van der Waals surface area contributed by atoms with Gasteiger partial charge in [-0.05, 0) is 24.2 Å². The van der Waals surface area contributed by atoms with E-state index in [4.69, 9.17) is 5.11 Å². The molecule has 0 saturated heterocycles. The van der Waals surface area contributed by atoms with Gasteiger partial charge in [0, 0.05) is 6.42 Å². The van der Waals surface area contributed by atoms with Crippen LogP contribution < -0.4 is 0 Å². The Labute approximate surface area is 86.7 Å². The van der Waals surface area contributed by atoms with Gasteiger partial charge in [0.05, 0.1) is 0 Å². The maximum Gasteiger partial charge on any atom is 0.303 e. The number of hydrogen-bond donors (Lipinski definition) is 1. The fourth-order valence-electron chi connectivity index (χ4n) is 2.70. The zero-order valence-electron chi connectivity index (χ0n) is 9.33. The predicted octanol–water partition coefficient (Wildman–Crippen LogP) is 3.31. The van der Waals surface area contributed by atoms with Crippen molar-refractivity contribution in [3.8, 4) is 0 Å². The van der Waals surface area contributed by atoms with Crippen LogP contribution in [0.2, 0.25) is 0 Å². The molecule has 0 heterocycles. The first-order valence-electron chi connectivity index (χ1n) is 5.81. The molecule has 82 valence electrons. The second-order valence-corrected chi connectivity index (χ2v) is 5.03. The Bertz CT molecular complexity index is 181. The van der Waals surface area contributed by atoms with Crippen molar-refractivity contribution in [1.82, 2.24) is 0 Å². The van der Waals surface area contributed by atoms with Gasteiger partial charge in [0.2, 0.25) is 0 Å². The standard InChI is InChI=1S/C12H22O2/c1-9(2)7-11(8-12(13)14)10-5-3-4-6-10/h9-11H,3-8H2,1-2H3,(H,13,14). The van der Waals surface area contributed by atoms with Gasteiger partial charge in [-0.1, -0.05) is 39.5 Å². The van der Waals surface area contributed by atoms with E-state index in [2.05, 4.69) is 13.8 Å². The maximum absolute atomic E-state index is 10.7. The van der Waals surface area contributed by atoms with Crippen LogP contribution in [0.3, 0.4) is 0 Å². The number of carbonyl (C=O) groups is 1. The van der Waals surface area contributed by atoms with E-state index >= 15 is 0 Å². The Kier molecular flexibility index (Phi) is 4.43. The summed E-state index contributed by atoms with van der Waals surface area (Å²) in [5.41, 5.74) is 0. The van der Waals surface area contributed by atoms with Gasteiger partial charge in [-0.25, -0.2) is 0 Å². The molecule has 1 atom stereocenters. The summed E-state index contributed by atoms with van der Waals surface area (Å²) >= 11 is 0. The highest BCUT2D eigenvalue weighted by molar-refractivity contribution is 5.67. The Morgan fingerprint density at radius 3 is 2.36 bits per heavy atom. The SMILES string of the molecule is CC(C)CC(CC(=O)O)C1CCCC1. The number of hydrogen-bond acceptors (Lipinski definition) is 1. The Hall–Kier alpha value is -0.530. The van der Waals surface area contributed by atoms with Crippen LogP contribution in [0, 0.1) is 17.8 Å². The van der Waals surface area contributed by atoms with Gasteiger partial charge in [-0.3, -0.25) is 4.79 Å². The first kappa shape index (κ1) is 11.5. The molecule has 0 aliphatic heterocycles. The third-order valence-electron chi connectivity index (χ3n) is 3.28. The molecule has 1 fully saturated rings. The third kappa shape index (κ3) is 3.69. The van der Waals surface area contributed by atoms with Crippen LogP contribution in [0.5, 0.6) is 0 Å². The van der Waals surface area contributed by atoms with Crippen LogP contribution in [-0.2, 0) is 4.79 Å². The van der Waals surface area contributed by atoms with Crippen LogP contribution >= 0.6 is 0 Å². The molecule has 0 aromatic carbocycles. The topological polar surface area (TPSA) is 37.3 Å². The second-order valence-electron chi connectivity index (χ2n) is 5.03. The zero-order valence-corrected chi connectivity index (χ0v) is 9.33. The number of carboxylic acid groups (broad SMARTS) is 1. The second kappa shape index (κ2) is 5.38. The third-order valence-corrected chi connectivity index (χ3v) is 3.28. The van der Waals surface area contributed by atoms with E-state index in [0.29, 0.717) is 24.2 Å². The average molecular weight is 198 g/mol. The molecule has 0 aromatic heterocycles. The molecule has 1 saturated carbocycles. The van der Waals surface area contributed by atoms with Gasteiger partial charge in [-0.2, -0.15) is 0 Å². The first-order chi connectivity index (χ1) is 6.59. The molecule has 1 aliphatic rings. The molecule has 0 amide bonds. The largest absolute Gasteiger partial charge is 0.481 e. The highest BCUT2D eigenvalue weighted by Crippen LogP contribution is 2.36. The predicted molar refractivity (Wildman–Crippen MR) is 57.2 cm³/mol. The molecule has 2 nitrogen and oxygen atoms in total. The summed E-state index contributed by atoms with van der Waals surface area (Å²) in [4.78, 5) is 10.7. The van der Waals surface area contributed by atoms with E-state index in [1.54, 1.807) is 0 Å². The van der Waals surface area contributed by atoms with Gasteiger partial charge in [0.25, 0.3) is 0 Å². The molecule has 0 radical (unpaired) electrons. The molecule has 1 unspecified atom stereocenters. The quantitative estimate of drug-likeness (QED) is 0.735. The molecular weight excluding hydrogens is 176 g/mol. The summed E-state index contributed by atoms with van der Waals surface area (Å²) in [7, 11) is 0. The van der Waals surface area contributed by atoms with Gasteiger partial charge in [-0.15, -0.1) is 0 Å². The van der Waals surface area contributed by atoms with Gasteiger partial charge in [0.1, 0.15) is 0 Å². The summed E-state index contributed by atoms with van der Waals surface area (Å²) in [5, 5.41) is 8.86. The lowest BCUT2D eigenvalue weighted by molar-refractivity contribution is -0.138. The lowest BCUT2D eigenvalue weighted by atomic mass is 9.82. The highest BCUT2D eigenvalue weighted by atomic mass is 16.4. The van der Waals surface area contributed by atoms with Gasteiger partial charge in [0.15, 0.2) is 0 Å². The minimum absolute atomic E-state index is 0.378. The van der Waals surface area contributed by atoms with Crippen molar-refractivity contribution < 1.29 is 9.90 Å². The first-order valence-corrected chi connectivity index (χ1v) is 5.81. The molecule has 0 aromatic rings. The maximum atomic E-state index is 10.7. The van der Waals surface area contributed by atoms with Crippen LogP contribution in [-0.4, -0.2) is 11.1 Å². The summed E-state index contributed by atoms with van der Waals surface area (Å²) in [5.74, 6) is 1.12. The minimum atomic E-state index is -0.623. The molecule has 0 spiro atoms. The van der Waals surface area contributed by atoms with Crippen molar-refractivity contribution in [1.29, 1.82) is 0 Å². The van der Waals surface area contributed by atoms with Crippen molar-refractivity contribution in [2.45, 2.75) is 52.4 Å². The van der Waals surface area contributed by atoms with E-state index in [1.807, 2.05) is 0 Å². The van der Waals surface area contributed by atoms with Crippen LogP contribution in [0.15, 0.2) is 0 Å². The lowest BCUT2D eigenvalue weighted by Crippen LogP contribution is -2.18. The molecule has 2 heteroatoms. The summed E-state index contributed by atoms with van der Waals surface area (Å²) in [6, 6.07) is 0. The monoisotopic (exact) mass is 198 g/mol. The van der Waals surface area contributed by atoms with Crippen LogP contribution in [0.4, 0.5) is 0 Å². The Morgan fingerprint density at radius 2 is 1.93 bits per heavy atom. The molecule has 1 rings (SSSR count). The number of carboxylic acids is 1. The minimum Gasteiger partial charge on any atom is -0.481 e. The zero-order chi connectivity index (χ0) is 10.6. The van der Waals surface area contributed by atoms with Crippen LogP contribution in [0.25, 0.3) is 0 Å². The van der Waals surface area contributed by atoms with E-state index in [0.717, 1.165) is 6.42 Å². The lowest BCUT2D eigenvalue weighted by Gasteiger charge is -2.23. The van der Waals surface area contributed by atoms with Crippen molar-refractivity contribution >= 4 is 5.97 Å². The number of aliphatic carboxylic acids is 1. The molecule has 14 heavy (non-hydrogen) atoms. The van der Waals surface area contributed by atoms with E-state index in [1.165, 1.54) is 25.7 Å². The van der Waals surface area contributed by atoms with E-state index < -0.39 is 5.97 Å². The molecule has 0 bridgehead atoms. The average Bonchev–Trinajstić information content (AvgIpc) is 2.52. The smallest absolute Gasteiger partial charge is 0.303 e. The van der Waals surface area contributed by atoms with Crippen molar-refractivity contribution in [2.24, 2.45) is 17.8 Å².